The van der Waals surface area contributed by atoms with Crippen molar-refractivity contribution in [1.82, 2.24) is 10.2 Å². The number of aromatic nitrogens is 2. The fourth-order valence-electron chi connectivity index (χ4n) is 1.60. The van der Waals surface area contributed by atoms with Gasteiger partial charge in [-0.3, -0.25) is 5.10 Å². The monoisotopic (exact) mass is 272 g/mol. The first kappa shape index (κ1) is 12.9. The van der Waals surface area contributed by atoms with E-state index in [4.69, 9.17) is 26.9 Å². The Bertz CT molecular complexity index is 694. The van der Waals surface area contributed by atoms with E-state index in [2.05, 4.69) is 10.2 Å². The van der Waals surface area contributed by atoms with Gasteiger partial charge in [-0.15, -0.1) is 0 Å². The lowest BCUT2D eigenvalue weighted by atomic mass is 10.2. The average Bonchev–Trinajstić information content (AvgIpc) is 2.71. The van der Waals surface area contributed by atoms with Crippen LogP contribution in [0.5, 0.6) is 11.5 Å². The number of nitrogens with one attached hydrogen (secondary N) is 1. The molecule has 6 heteroatoms. The maximum atomic E-state index is 8.88. The molecule has 0 spiro atoms. The van der Waals surface area contributed by atoms with Gasteiger partial charge in [0.1, 0.15) is 11.4 Å². The van der Waals surface area contributed by atoms with Crippen molar-refractivity contribution in [2.75, 3.05) is 0 Å². The molecule has 0 aliphatic rings. The number of hydrogen-bond donors (Lipinski definition) is 1. The number of nitrogens with zero attached hydrogens (tertiary/aromatic N) is 3. The molecule has 1 aromatic carbocycles. The topological polar surface area (TPSA) is 85.5 Å². The van der Waals surface area contributed by atoms with Crippen molar-refractivity contribution in [2.24, 2.45) is 0 Å². The number of benzene rings is 1. The second-order valence-corrected chi connectivity index (χ2v) is 4.29. The summed E-state index contributed by atoms with van der Waals surface area (Å²) < 4.78 is 5.68. The molecule has 0 saturated carbocycles. The van der Waals surface area contributed by atoms with E-state index in [0.717, 1.165) is 0 Å². The molecule has 0 aliphatic heterocycles. The summed E-state index contributed by atoms with van der Waals surface area (Å²) in [5.74, 6) is 0.931. The molecule has 2 aromatic rings. The molecule has 1 heterocycles. The number of hydrogen-bond acceptors (Lipinski definition) is 4. The number of halogens is 1. The zero-order chi connectivity index (χ0) is 13.8. The minimum atomic E-state index is 0.144. The van der Waals surface area contributed by atoms with Crippen LogP contribution in [-0.2, 0) is 6.42 Å². The molecular weight excluding hydrogens is 264 g/mol. The quantitative estimate of drug-likeness (QED) is 0.930. The molecule has 1 aromatic heterocycles. The lowest BCUT2D eigenvalue weighted by molar-refractivity contribution is 0.474. The van der Waals surface area contributed by atoms with Gasteiger partial charge in [0.2, 0.25) is 0 Å². The molecule has 94 valence electrons. The van der Waals surface area contributed by atoms with Gasteiger partial charge in [0.05, 0.1) is 29.8 Å². The van der Waals surface area contributed by atoms with Gasteiger partial charge in [0.25, 0.3) is 0 Å². The van der Waals surface area contributed by atoms with Gasteiger partial charge in [-0.05, 0) is 25.1 Å². The van der Waals surface area contributed by atoms with E-state index in [9.17, 15) is 0 Å². The predicted molar refractivity (Wildman–Crippen MR) is 68.9 cm³/mol. The summed E-state index contributed by atoms with van der Waals surface area (Å²) in [6.07, 6.45) is 0.144. The van der Waals surface area contributed by atoms with Crippen LogP contribution in [0.3, 0.4) is 0 Å². The van der Waals surface area contributed by atoms with Crippen LogP contribution in [0.2, 0.25) is 5.02 Å². The smallest absolute Gasteiger partial charge is 0.172 e. The second kappa shape index (κ2) is 5.43. The molecule has 1 N–H and O–H groups in total. The fourth-order valence-corrected chi connectivity index (χ4v) is 1.83. The van der Waals surface area contributed by atoms with Crippen LogP contribution in [0.25, 0.3) is 0 Å². The Morgan fingerprint density at radius 3 is 2.84 bits per heavy atom. The third kappa shape index (κ3) is 2.85. The summed E-state index contributed by atoms with van der Waals surface area (Å²) in [5.41, 5.74) is 1.65. The Morgan fingerprint density at radius 2 is 2.16 bits per heavy atom. The first-order valence-corrected chi connectivity index (χ1v) is 5.81. The van der Waals surface area contributed by atoms with Crippen LogP contribution in [0.4, 0.5) is 0 Å². The summed E-state index contributed by atoms with van der Waals surface area (Å²) in [4.78, 5) is 0. The molecule has 0 bridgehead atoms. The van der Waals surface area contributed by atoms with Gasteiger partial charge in [-0.2, -0.15) is 15.6 Å². The number of rotatable bonds is 3. The highest BCUT2D eigenvalue weighted by molar-refractivity contribution is 6.30. The van der Waals surface area contributed by atoms with Crippen LogP contribution in [0.15, 0.2) is 18.2 Å². The highest BCUT2D eigenvalue weighted by atomic mass is 35.5. The summed E-state index contributed by atoms with van der Waals surface area (Å²) >= 11 is 5.90. The number of ether oxygens (including phenoxy) is 1. The third-order valence-corrected chi connectivity index (χ3v) is 2.65. The van der Waals surface area contributed by atoms with Crippen LogP contribution >= 0.6 is 11.6 Å². The molecule has 0 saturated heterocycles. The number of H-pyrrole nitrogens is 1. The molecule has 5 nitrogen and oxygen atoms in total. The van der Waals surface area contributed by atoms with Crippen molar-refractivity contribution in [3.63, 3.8) is 0 Å². The van der Waals surface area contributed by atoms with Crippen molar-refractivity contribution < 1.29 is 4.74 Å². The van der Waals surface area contributed by atoms with Crippen LogP contribution in [0.1, 0.15) is 17.0 Å². The Balaban J connectivity index is 2.37. The normalized spacial score (nSPS) is 9.68. The molecule has 0 radical (unpaired) electrons. The van der Waals surface area contributed by atoms with Crippen molar-refractivity contribution in [3.05, 3.63) is 40.2 Å². The van der Waals surface area contributed by atoms with E-state index in [1.807, 2.05) is 12.1 Å². The van der Waals surface area contributed by atoms with E-state index in [0.29, 0.717) is 33.5 Å². The van der Waals surface area contributed by atoms with Gasteiger partial charge >= 0.3 is 0 Å². The Morgan fingerprint density at radius 1 is 1.37 bits per heavy atom. The largest absolute Gasteiger partial charge is 0.453 e. The number of aryl methyl sites for hydroxylation is 1. The van der Waals surface area contributed by atoms with Crippen molar-refractivity contribution in [3.8, 4) is 23.6 Å². The van der Waals surface area contributed by atoms with Crippen LogP contribution < -0.4 is 4.74 Å². The average molecular weight is 273 g/mol. The second-order valence-electron chi connectivity index (χ2n) is 3.85. The first-order chi connectivity index (χ1) is 9.13. The lowest BCUT2D eigenvalue weighted by Crippen LogP contribution is -1.91. The Kier molecular flexibility index (Phi) is 3.70. The summed E-state index contributed by atoms with van der Waals surface area (Å²) in [6.45, 7) is 1.79. The van der Waals surface area contributed by atoms with Crippen molar-refractivity contribution in [2.45, 2.75) is 13.3 Å². The molecule has 0 fully saturated rings. The molecule has 0 atom stereocenters. The van der Waals surface area contributed by atoms with E-state index < -0.39 is 0 Å². The summed E-state index contributed by atoms with van der Waals surface area (Å²) in [7, 11) is 0. The minimum absolute atomic E-state index is 0.144. The lowest BCUT2D eigenvalue weighted by Gasteiger charge is -2.06. The van der Waals surface area contributed by atoms with Gasteiger partial charge in [-0.1, -0.05) is 11.6 Å². The molecule has 2 rings (SSSR count). The number of aromatic amines is 1. The van der Waals surface area contributed by atoms with Gasteiger partial charge in [0, 0.05) is 5.02 Å². The van der Waals surface area contributed by atoms with Crippen molar-refractivity contribution >= 4 is 11.6 Å². The standard InChI is InChI=1S/C13H9ClN4O/c1-8-13(12(2-3-15)18-17-8)19-11-5-9(7-16)4-10(14)6-11/h4-6H,2H2,1H3,(H,17,18). The van der Waals surface area contributed by atoms with Gasteiger partial charge in [0.15, 0.2) is 5.75 Å². The molecule has 19 heavy (non-hydrogen) atoms. The Labute approximate surface area is 115 Å². The van der Waals surface area contributed by atoms with E-state index >= 15 is 0 Å². The zero-order valence-electron chi connectivity index (χ0n) is 10.1. The van der Waals surface area contributed by atoms with Crippen LogP contribution in [-0.4, -0.2) is 10.2 Å². The van der Waals surface area contributed by atoms with Gasteiger partial charge < -0.3 is 4.74 Å². The highest BCUT2D eigenvalue weighted by Gasteiger charge is 2.13. The summed E-state index contributed by atoms with van der Waals surface area (Å²) in [6, 6.07) is 8.75. The summed E-state index contributed by atoms with van der Waals surface area (Å²) in [5, 5.41) is 24.8. The molecule has 0 unspecified atom stereocenters. The van der Waals surface area contributed by atoms with Crippen molar-refractivity contribution in [1.29, 1.82) is 10.5 Å². The molecule has 0 aliphatic carbocycles. The minimum Gasteiger partial charge on any atom is -0.453 e. The maximum absolute atomic E-state index is 8.88. The predicted octanol–water partition coefficient (Wildman–Crippen LogP) is 3.10. The first-order valence-electron chi connectivity index (χ1n) is 5.43. The SMILES string of the molecule is Cc1[nH]nc(CC#N)c1Oc1cc(Cl)cc(C#N)c1. The van der Waals surface area contributed by atoms with E-state index in [1.54, 1.807) is 25.1 Å². The molecule has 0 amide bonds. The maximum Gasteiger partial charge on any atom is 0.172 e. The third-order valence-electron chi connectivity index (χ3n) is 2.43. The zero-order valence-corrected chi connectivity index (χ0v) is 10.8. The van der Waals surface area contributed by atoms with Crippen LogP contribution in [0, 0.1) is 29.6 Å². The van der Waals surface area contributed by atoms with E-state index in [1.165, 1.54) is 0 Å². The Hall–Kier alpha value is -2.50. The molecular formula is C13H9ClN4O. The van der Waals surface area contributed by atoms with E-state index in [-0.39, 0.29) is 6.42 Å². The highest BCUT2D eigenvalue weighted by Crippen LogP contribution is 2.30. The van der Waals surface area contributed by atoms with Gasteiger partial charge in [-0.25, -0.2) is 0 Å². The fraction of sp³-hybridized carbons (Fsp3) is 0.154. The number of nitriles is 2.